The molecule has 1 fully saturated rings. The largest absolute Gasteiger partial charge is 0.508 e. The smallest absolute Gasteiger partial charge is 0.176 e. The number of phenolic OH excluding ortho intramolecular Hbond substituents is 1. The second-order valence-electron chi connectivity index (χ2n) is 5.44. The average Bonchev–Trinajstić information content (AvgIpc) is 2.40. The number of piperidine rings is 1. The molecular formula is C15H22N2O2. The van der Waals surface area contributed by atoms with Gasteiger partial charge in [-0.2, -0.15) is 0 Å². The number of likely N-dealkylation sites (tertiary alicyclic amines) is 1. The van der Waals surface area contributed by atoms with Crippen molar-refractivity contribution in [3.05, 3.63) is 29.8 Å². The molecule has 104 valence electrons. The van der Waals surface area contributed by atoms with Gasteiger partial charge in [0.2, 0.25) is 0 Å². The molecule has 0 bridgehead atoms. The second kappa shape index (κ2) is 6.17. The van der Waals surface area contributed by atoms with Crippen LogP contribution in [0.25, 0.3) is 0 Å². The summed E-state index contributed by atoms with van der Waals surface area (Å²) in [7, 11) is 4.23. The predicted octanol–water partition coefficient (Wildman–Crippen LogP) is 1.60. The summed E-state index contributed by atoms with van der Waals surface area (Å²) in [5.74, 6) is 0.326. The summed E-state index contributed by atoms with van der Waals surface area (Å²) in [4.78, 5) is 16.6. The van der Waals surface area contributed by atoms with Crippen LogP contribution in [0, 0.1) is 0 Å². The monoisotopic (exact) mass is 262 g/mol. The van der Waals surface area contributed by atoms with Crippen molar-refractivity contribution < 1.29 is 9.90 Å². The summed E-state index contributed by atoms with van der Waals surface area (Å²) >= 11 is 0. The number of benzene rings is 1. The molecule has 4 heteroatoms. The molecule has 1 aromatic carbocycles. The molecule has 0 atom stereocenters. The molecule has 1 aliphatic rings. The summed E-state index contributed by atoms with van der Waals surface area (Å²) in [5, 5.41) is 9.21. The Kier molecular flexibility index (Phi) is 4.56. The second-order valence-corrected chi connectivity index (χ2v) is 5.44. The Bertz CT molecular complexity index is 420. The van der Waals surface area contributed by atoms with E-state index in [1.807, 2.05) is 0 Å². The zero-order chi connectivity index (χ0) is 13.8. The van der Waals surface area contributed by atoms with Gasteiger partial charge >= 0.3 is 0 Å². The number of Topliss-reactive ketones (excluding diaryl/α,β-unsaturated/α-hetero) is 1. The summed E-state index contributed by atoms with van der Waals surface area (Å²) in [6.45, 7) is 2.43. The number of hydrogen-bond donors (Lipinski definition) is 1. The maximum Gasteiger partial charge on any atom is 0.176 e. The molecule has 19 heavy (non-hydrogen) atoms. The molecule has 0 aromatic heterocycles. The predicted molar refractivity (Wildman–Crippen MR) is 75.6 cm³/mol. The fourth-order valence-corrected chi connectivity index (χ4v) is 2.54. The van der Waals surface area contributed by atoms with Crippen molar-refractivity contribution in [2.24, 2.45) is 0 Å². The molecule has 0 radical (unpaired) electrons. The van der Waals surface area contributed by atoms with Crippen molar-refractivity contribution in [2.75, 3.05) is 33.7 Å². The SMILES string of the molecule is CN(C)C1CCN(CC(=O)c2ccc(O)cc2)CC1. The van der Waals surface area contributed by atoms with E-state index >= 15 is 0 Å². The van der Waals surface area contributed by atoms with Gasteiger partial charge in [-0.25, -0.2) is 0 Å². The van der Waals surface area contributed by atoms with Crippen molar-refractivity contribution in [3.8, 4) is 5.75 Å². The van der Waals surface area contributed by atoms with Gasteiger partial charge < -0.3 is 10.0 Å². The lowest BCUT2D eigenvalue weighted by atomic mass is 10.0. The van der Waals surface area contributed by atoms with E-state index in [1.165, 1.54) is 0 Å². The van der Waals surface area contributed by atoms with E-state index in [9.17, 15) is 9.90 Å². The molecule has 1 saturated heterocycles. The topological polar surface area (TPSA) is 43.8 Å². The number of aromatic hydroxyl groups is 1. The van der Waals surface area contributed by atoms with Gasteiger partial charge in [0.25, 0.3) is 0 Å². The van der Waals surface area contributed by atoms with E-state index < -0.39 is 0 Å². The molecule has 1 aliphatic heterocycles. The summed E-state index contributed by atoms with van der Waals surface area (Å²) in [6, 6.07) is 7.13. The van der Waals surface area contributed by atoms with Crippen molar-refractivity contribution in [2.45, 2.75) is 18.9 Å². The van der Waals surface area contributed by atoms with E-state index in [0.717, 1.165) is 25.9 Å². The van der Waals surface area contributed by atoms with Crippen LogP contribution in [-0.2, 0) is 0 Å². The lowest BCUT2D eigenvalue weighted by Gasteiger charge is -2.34. The Morgan fingerprint density at radius 1 is 1.26 bits per heavy atom. The number of phenols is 1. The standard InChI is InChI=1S/C15H22N2O2/c1-16(2)13-7-9-17(10-8-13)11-15(19)12-3-5-14(18)6-4-12/h3-6,13,18H,7-11H2,1-2H3. The van der Waals surface area contributed by atoms with E-state index in [4.69, 9.17) is 0 Å². The molecule has 1 heterocycles. The molecule has 0 spiro atoms. The third-order valence-electron chi connectivity index (χ3n) is 3.84. The molecule has 0 unspecified atom stereocenters. The van der Waals surface area contributed by atoms with Crippen LogP contribution in [0.2, 0.25) is 0 Å². The van der Waals surface area contributed by atoms with Crippen LogP contribution in [0.5, 0.6) is 5.75 Å². The van der Waals surface area contributed by atoms with E-state index in [2.05, 4.69) is 23.9 Å². The Morgan fingerprint density at radius 3 is 2.37 bits per heavy atom. The first kappa shape index (κ1) is 14.0. The fraction of sp³-hybridized carbons (Fsp3) is 0.533. The third-order valence-corrected chi connectivity index (χ3v) is 3.84. The quantitative estimate of drug-likeness (QED) is 0.837. The highest BCUT2D eigenvalue weighted by Crippen LogP contribution is 2.15. The van der Waals surface area contributed by atoms with Gasteiger partial charge in [0.05, 0.1) is 6.54 Å². The molecule has 1 N–H and O–H groups in total. The average molecular weight is 262 g/mol. The van der Waals surface area contributed by atoms with Gasteiger partial charge in [0, 0.05) is 24.7 Å². The Balaban J connectivity index is 1.85. The maximum absolute atomic E-state index is 12.1. The zero-order valence-electron chi connectivity index (χ0n) is 11.7. The molecule has 0 aliphatic carbocycles. The first-order valence-corrected chi connectivity index (χ1v) is 6.77. The van der Waals surface area contributed by atoms with Gasteiger partial charge in [-0.05, 0) is 51.2 Å². The Labute approximate surface area is 114 Å². The molecule has 2 rings (SSSR count). The molecule has 0 saturated carbocycles. The number of ketones is 1. The van der Waals surface area contributed by atoms with Gasteiger partial charge in [-0.3, -0.25) is 9.69 Å². The number of hydrogen-bond acceptors (Lipinski definition) is 4. The Hall–Kier alpha value is -1.39. The summed E-state index contributed by atoms with van der Waals surface area (Å²) in [6.07, 6.45) is 2.24. The lowest BCUT2D eigenvalue weighted by Crippen LogP contribution is -2.43. The van der Waals surface area contributed by atoms with Crippen LogP contribution < -0.4 is 0 Å². The number of nitrogens with zero attached hydrogens (tertiary/aromatic N) is 2. The molecule has 4 nitrogen and oxygen atoms in total. The highest BCUT2D eigenvalue weighted by atomic mass is 16.3. The minimum atomic E-state index is 0.128. The molecule has 1 aromatic rings. The van der Waals surface area contributed by atoms with Gasteiger partial charge in [-0.1, -0.05) is 0 Å². The first-order valence-electron chi connectivity index (χ1n) is 6.77. The Morgan fingerprint density at radius 2 is 1.84 bits per heavy atom. The van der Waals surface area contributed by atoms with Crippen LogP contribution in [0.4, 0.5) is 0 Å². The zero-order valence-corrected chi connectivity index (χ0v) is 11.7. The maximum atomic E-state index is 12.1. The van der Waals surface area contributed by atoms with Crippen molar-refractivity contribution >= 4 is 5.78 Å². The minimum absolute atomic E-state index is 0.128. The third kappa shape index (κ3) is 3.78. The molecular weight excluding hydrogens is 240 g/mol. The van der Waals surface area contributed by atoms with Crippen LogP contribution in [0.1, 0.15) is 23.2 Å². The van der Waals surface area contributed by atoms with Crippen molar-refractivity contribution in [3.63, 3.8) is 0 Å². The number of rotatable bonds is 4. The van der Waals surface area contributed by atoms with Gasteiger partial charge in [0.15, 0.2) is 5.78 Å². The summed E-state index contributed by atoms with van der Waals surface area (Å²) < 4.78 is 0. The van der Waals surface area contributed by atoms with Gasteiger partial charge in [-0.15, -0.1) is 0 Å². The van der Waals surface area contributed by atoms with E-state index in [-0.39, 0.29) is 11.5 Å². The number of carbonyl (C=O) groups is 1. The molecule has 0 amide bonds. The summed E-state index contributed by atoms with van der Waals surface area (Å²) in [5.41, 5.74) is 0.674. The fourth-order valence-electron chi connectivity index (χ4n) is 2.54. The lowest BCUT2D eigenvalue weighted by molar-refractivity contribution is 0.0874. The van der Waals surface area contributed by atoms with Gasteiger partial charge in [0.1, 0.15) is 5.75 Å². The highest BCUT2D eigenvalue weighted by Gasteiger charge is 2.22. The van der Waals surface area contributed by atoms with Crippen molar-refractivity contribution in [1.82, 2.24) is 9.80 Å². The minimum Gasteiger partial charge on any atom is -0.508 e. The van der Waals surface area contributed by atoms with Crippen molar-refractivity contribution in [1.29, 1.82) is 0 Å². The normalized spacial score (nSPS) is 17.8. The van der Waals surface area contributed by atoms with Crippen LogP contribution in [0.3, 0.4) is 0 Å². The van der Waals surface area contributed by atoms with Crippen LogP contribution in [-0.4, -0.2) is 60.5 Å². The van der Waals surface area contributed by atoms with Crippen LogP contribution in [0.15, 0.2) is 24.3 Å². The number of carbonyl (C=O) groups excluding carboxylic acids is 1. The van der Waals surface area contributed by atoms with E-state index in [0.29, 0.717) is 18.2 Å². The van der Waals surface area contributed by atoms with Crippen LogP contribution >= 0.6 is 0 Å². The highest BCUT2D eigenvalue weighted by molar-refractivity contribution is 5.97. The first-order chi connectivity index (χ1) is 9.06. The van der Waals surface area contributed by atoms with E-state index in [1.54, 1.807) is 24.3 Å².